The van der Waals surface area contributed by atoms with Crippen molar-refractivity contribution >= 4 is 17.6 Å². The van der Waals surface area contributed by atoms with E-state index in [9.17, 15) is 0 Å². The Bertz CT molecular complexity index is 883. The van der Waals surface area contributed by atoms with Gasteiger partial charge in [-0.15, -0.1) is 0 Å². The van der Waals surface area contributed by atoms with Crippen LogP contribution < -0.4 is 9.64 Å². The molecule has 0 atom stereocenters. The number of ether oxygens (including phenoxy) is 1. The Balaban J connectivity index is 0.000000454. The number of piperidine rings is 1. The molecule has 3 heterocycles. The van der Waals surface area contributed by atoms with Crippen molar-refractivity contribution in [1.29, 1.82) is 0 Å². The number of carboxylic acids is 2. The molecule has 0 unspecified atom stereocenters. The summed E-state index contributed by atoms with van der Waals surface area (Å²) in [6.07, 6.45) is 6.38. The largest absolute Gasteiger partial charge is 0.495 e. The number of anilines is 1. The predicted octanol–water partition coefficient (Wildman–Crippen LogP) is 2.03. The molecule has 0 amide bonds. The molecule has 2 aliphatic rings. The van der Waals surface area contributed by atoms with Crippen LogP contribution in [0.4, 0.5) is 5.69 Å². The number of methoxy groups -OCH3 is 1. The quantitative estimate of drug-likeness (QED) is 0.654. The Labute approximate surface area is 194 Å². The van der Waals surface area contributed by atoms with Crippen molar-refractivity contribution in [3.05, 3.63) is 54.4 Å². The SMILES string of the molecule is COc1ccccc1N1CCN(C2CCN(Cc3cccnc3)CC2)CC1.O=C(O)C(=O)O. The van der Waals surface area contributed by atoms with Gasteiger partial charge in [0.1, 0.15) is 5.75 Å². The molecule has 0 radical (unpaired) electrons. The molecular weight excluding hydrogens is 424 g/mol. The number of likely N-dealkylation sites (tertiary alicyclic amines) is 1. The van der Waals surface area contributed by atoms with Gasteiger partial charge in [0.15, 0.2) is 0 Å². The first-order valence-electron chi connectivity index (χ1n) is 11.2. The Morgan fingerprint density at radius 1 is 0.970 bits per heavy atom. The summed E-state index contributed by atoms with van der Waals surface area (Å²) in [5.41, 5.74) is 2.55. The smallest absolute Gasteiger partial charge is 0.414 e. The van der Waals surface area contributed by atoms with Crippen LogP contribution in [0.3, 0.4) is 0 Å². The second-order valence-electron chi connectivity index (χ2n) is 8.17. The average molecular weight is 457 g/mol. The van der Waals surface area contributed by atoms with Gasteiger partial charge in [-0.05, 0) is 49.7 Å². The van der Waals surface area contributed by atoms with Crippen LogP contribution in [-0.4, -0.2) is 89.4 Å². The van der Waals surface area contributed by atoms with Gasteiger partial charge in [-0.3, -0.25) is 14.8 Å². The lowest BCUT2D eigenvalue weighted by atomic mass is 10.0. The number of aromatic nitrogens is 1. The van der Waals surface area contributed by atoms with Gasteiger partial charge in [0.05, 0.1) is 12.8 Å². The number of benzene rings is 1. The van der Waals surface area contributed by atoms with E-state index in [1.807, 2.05) is 24.5 Å². The molecule has 2 N–H and O–H groups in total. The minimum Gasteiger partial charge on any atom is -0.495 e. The molecule has 4 rings (SSSR count). The van der Waals surface area contributed by atoms with Gasteiger partial charge in [-0.25, -0.2) is 9.59 Å². The summed E-state index contributed by atoms with van der Waals surface area (Å²) in [7, 11) is 1.76. The Kier molecular flexibility index (Phi) is 9.03. The third kappa shape index (κ3) is 7.16. The number of rotatable bonds is 5. The number of carboxylic acid groups (broad SMARTS) is 2. The normalized spacial score (nSPS) is 17.7. The molecule has 0 aliphatic carbocycles. The highest BCUT2D eigenvalue weighted by Crippen LogP contribution is 2.29. The van der Waals surface area contributed by atoms with Gasteiger partial charge in [-0.1, -0.05) is 18.2 Å². The molecule has 0 spiro atoms. The monoisotopic (exact) mass is 456 g/mol. The fourth-order valence-corrected chi connectivity index (χ4v) is 4.41. The van der Waals surface area contributed by atoms with Crippen LogP contribution in [0.2, 0.25) is 0 Å². The molecule has 33 heavy (non-hydrogen) atoms. The van der Waals surface area contributed by atoms with Crippen LogP contribution in [0.5, 0.6) is 5.75 Å². The molecule has 0 saturated carbocycles. The van der Waals surface area contributed by atoms with Crippen molar-refractivity contribution in [1.82, 2.24) is 14.8 Å². The minimum absolute atomic E-state index is 0.731. The van der Waals surface area contributed by atoms with Gasteiger partial charge < -0.3 is 19.8 Å². The van der Waals surface area contributed by atoms with Gasteiger partial charge in [0.2, 0.25) is 0 Å². The zero-order valence-corrected chi connectivity index (χ0v) is 19.0. The lowest BCUT2D eigenvalue weighted by Crippen LogP contribution is -2.53. The summed E-state index contributed by atoms with van der Waals surface area (Å²) in [5, 5.41) is 14.8. The molecule has 2 aliphatic heterocycles. The summed E-state index contributed by atoms with van der Waals surface area (Å²) < 4.78 is 5.54. The molecule has 2 aromatic rings. The zero-order valence-electron chi connectivity index (χ0n) is 19.0. The van der Waals surface area contributed by atoms with E-state index < -0.39 is 11.9 Å². The Morgan fingerprint density at radius 3 is 2.21 bits per heavy atom. The van der Waals surface area contributed by atoms with Crippen molar-refractivity contribution in [3.8, 4) is 5.75 Å². The molecule has 9 heteroatoms. The summed E-state index contributed by atoms with van der Waals surface area (Å²) in [5.74, 6) is -2.67. The highest BCUT2D eigenvalue weighted by Gasteiger charge is 2.28. The van der Waals surface area contributed by atoms with Crippen LogP contribution >= 0.6 is 0 Å². The second kappa shape index (κ2) is 12.2. The lowest BCUT2D eigenvalue weighted by Gasteiger charge is -2.43. The molecular formula is C24H32N4O5. The number of aliphatic carboxylic acids is 2. The average Bonchev–Trinajstić information content (AvgIpc) is 2.85. The van der Waals surface area contributed by atoms with Crippen LogP contribution in [0, 0.1) is 0 Å². The van der Waals surface area contributed by atoms with Gasteiger partial charge in [0, 0.05) is 51.2 Å². The molecule has 2 fully saturated rings. The number of hydrogen-bond acceptors (Lipinski definition) is 7. The highest BCUT2D eigenvalue weighted by molar-refractivity contribution is 6.27. The van der Waals surface area contributed by atoms with Gasteiger partial charge in [0.25, 0.3) is 0 Å². The van der Waals surface area contributed by atoms with Crippen LogP contribution in [0.25, 0.3) is 0 Å². The third-order valence-electron chi connectivity index (χ3n) is 6.13. The van der Waals surface area contributed by atoms with Crippen molar-refractivity contribution in [2.75, 3.05) is 51.3 Å². The van der Waals surface area contributed by atoms with Crippen molar-refractivity contribution in [3.63, 3.8) is 0 Å². The Morgan fingerprint density at radius 2 is 1.64 bits per heavy atom. The molecule has 2 saturated heterocycles. The Hall–Kier alpha value is -3.17. The van der Waals surface area contributed by atoms with Crippen LogP contribution in [0.15, 0.2) is 48.8 Å². The first-order chi connectivity index (χ1) is 16.0. The van der Waals surface area contributed by atoms with Crippen molar-refractivity contribution in [2.45, 2.75) is 25.4 Å². The summed E-state index contributed by atoms with van der Waals surface area (Å²) >= 11 is 0. The minimum atomic E-state index is -1.82. The van der Waals surface area contributed by atoms with Crippen molar-refractivity contribution in [2.24, 2.45) is 0 Å². The fraction of sp³-hybridized carbons (Fsp3) is 0.458. The zero-order chi connectivity index (χ0) is 23.6. The van der Waals surface area contributed by atoms with E-state index in [0.717, 1.165) is 44.5 Å². The third-order valence-corrected chi connectivity index (χ3v) is 6.13. The number of piperazine rings is 1. The molecule has 1 aromatic carbocycles. The summed E-state index contributed by atoms with van der Waals surface area (Å²) in [4.78, 5) is 30.2. The van der Waals surface area contributed by atoms with Crippen LogP contribution in [-0.2, 0) is 16.1 Å². The van der Waals surface area contributed by atoms with Gasteiger partial charge >= 0.3 is 11.9 Å². The van der Waals surface area contributed by atoms with E-state index in [4.69, 9.17) is 24.5 Å². The van der Waals surface area contributed by atoms with E-state index in [-0.39, 0.29) is 0 Å². The first kappa shape index (κ1) is 24.5. The second-order valence-corrected chi connectivity index (χ2v) is 8.17. The maximum atomic E-state index is 9.10. The topological polar surface area (TPSA) is 106 Å². The summed E-state index contributed by atoms with van der Waals surface area (Å²) in [6, 6.07) is 13.3. The molecule has 9 nitrogen and oxygen atoms in total. The summed E-state index contributed by atoms with van der Waals surface area (Å²) in [6.45, 7) is 7.85. The number of hydrogen-bond donors (Lipinski definition) is 2. The number of para-hydroxylation sites is 2. The molecule has 178 valence electrons. The van der Waals surface area contributed by atoms with E-state index in [1.165, 1.54) is 37.2 Å². The van der Waals surface area contributed by atoms with Gasteiger partial charge in [-0.2, -0.15) is 0 Å². The van der Waals surface area contributed by atoms with E-state index in [1.54, 1.807) is 7.11 Å². The maximum Gasteiger partial charge on any atom is 0.414 e. The standard InChI is InChI=1S/C22H30N4O.C2H2O4/c1-27-22-7-3-2-6-21(22)26-15-13-25(14-16-26)20-8-11-24(12-9-20)18-19-5-4-10-23-17-19;3-1(4)2(5)6/h2-7,10,17,20H,8-9,11-16,18H2,1H3;(H,3,4)(H,5,6). The number of pyridine rings is 1. The highest BCUT2D eigenvalue weighted by atomic mass is 16.5. The molecule has 1 aromatic heterocycles. The van der Waals surface area contributed by atoms with E-state index in [2.05, 4.69) is 43.9 Å². The molecule has 0 bridgehead atoms. The number of nitrogens with zero attached hydrogens (tertiary/aromatic N) is 4. The van der Waals surface area contributed by atoms with E-state index in [0.29, 0.717) is 0 Å². The number of carbonyl (C=O) groups is 2. The lowest BCUT2D eigenvalue weighted by molar-refractivity contribution is -0.159. The van der Waals surface area contributed by atoms with E-state index >= 15 is 0 Å². The predicted molar refractivity (Wildman–Crippen MR) is 125 cm³/mol. The van der Waals surface area contributed by atoms with Crippen LogP contribution in [0.1, 0.15) is 18.4 Å². The first-order valence-corrected chi connectivity index (χ1v) is 11.2. The van der Waals surface area contributed by atoms with Crippen molar-refractivity contribution < 1.29 is 24.5 Å². The maximum absolute atomic E-state index is 9.10. The fourth-order valence-electron chi connectivity index (χ4n) is 4.41.